The first-order chi connectivity index (χ1) is 12.1. The molecular weight excluding hydrogens is 326 g/mol. The molecule has 2 aromatic rings. The summed E-state index contributed by atoms with van der Waals surface area (Å²) in [6, 6.07) is 11.4. The molecule has 0 fully saturated rings. The molecule has 7 nitrogen and oxygen atoms in total. The molecule has 132 valence electrons. The maximum atomic E-state index is 12.0. The van der Waals surface area contributed by atoms with Crippen LogP contribution in [0, 0.1) is 0 Å². The Labute approximate surface area is 145 Å². The van der Waals surface area contributed by atoms with E-state index in [9.17, 15) is 9.59 Å². The summed E-state index contributed by atoms with van der Waals surface area (Å²) in [4.78, 5) is 24.0. The van der Waals surface area contributed by atoms with Crippen LogP contribution in [0.4, 0.5) is 5.69 Å². The number of rotatable bonds is 7. The lowest BCUT2D eigenvalue weighted by Crippen LogP contribution is -2.21. The summed E-state index contributed by atoms with van der Waals surface area (Å²) in [6.45, 7) is -0.425. The molecule has 0 aliphatic carbocycles. The Bertz CT molecular complexity index is 759. The molecule has 0 bridgehead atoms. The van der Waals surface area contributed by atoms with E-state index in [0.717, 1.165) is 0 Å². The van der Waals surface area contributed by atoms with E-state index in [4.69, 9.17) is 18.9 Å². The van der Waals surface area contributed by atoms with Gasteiger partial charge in [0.1, 0.15) is 17.2 Å². The minimum atomic E-state index is -0.615. The van der Waals surface area contributed by atoms with Crippen molar-refractivity contribution in [3.8, 4) is 17.2 Å². The first kappa shape index (κ1) is 18.1. The summed E-state index contributed by atoms with van der Waals surface area (Å²) in [5.41, 5.74) is 0.750. The first-order valence-electron chi connectivity index (χ1n) is 7.40. The second-order valence-electron chi connectivity index (χ2n) is 4.92. The van der Waals surface area contributed by atoms with Gasteiger partial charge in [0.15, 0.2) is 6.61 Å². The van der Waals surface area contributed by atoms with Gasteiger partial charge in [0.05, 0.1) is 32.6 Å². The number of methoxy groups -OCH3 is 3. The van der Waals surface area contributed by atoms with Crippen molar-refractivity contribution in [2.24, 2.45) is 0 Å². The zero-order valence-corrected chi connectivity index (χ0v) is 14.2. The molecule has 1 amide bonds. The summed E-state index contributed by atoms with van der Waals surface area (Å²) < 4.78 is 20.3. The highest BCUT2D eigenvalue weighted by atomic mass is 16.5. The van der Waals surface area contributed by atoms with E-state index >= 15 is 0 Å². The van der Waals surface area contributed by atoms with Gasteiger partial charge in [0.2, 0.25) is 0 Å². The maximum absolute atomic E-state index is 12.0. The molecule has 0 spiro atoms. The average molecular weight is 345 g/mol. The third kappa shape index (κ3) is 4.87. The third-order valence-corrected chi connectivity index (χ3v) is 3.32. The molecule has 0 radical (unpaired) electrons. The maximum Gasteiger partial charge on any atom is 0.338 e. The second kappa shape index (κ2) is 8.58. The molecule has 0 aromatic heterocycles. The van der Waals surface area contributed by atoms with Crippen LogP contribution in [0.1, 0.15) is 10.4 Å². The fraction of sp³-hybridized carbons (Fsp3) is 0.222. The molecule has 0 aliphatic rings. The molecule has 2 rings (SSSR count). The number of hydrogen-bond acceptors (Lipinski definition) is 6. The molecule has 2 aromatic carbocycles. The van der Waals surface area contributed by atoms with Crippen LogP contribution in [0.25, 0.3) is 0 Å². The van der Waals surface area contributed by atoms with E-state index in [1.54, 1.807) is 36.4 Å². The number of esters is 1. The van der Waals surface area contributed by atoms with E-state index in [0.29, 0.717) is 28.5 Å². The standard InChI is InChI=1S/C18H19NO6/c1-22-13-6-4-5-12(9-13)18(21)25-11-17(20)19-15-8-7-14(23-2)10-16(15)24-3/h4-10H,11H2,1-3H3,(H,19,20). The van der Waals surface area contributed by atoms with E-state index in [-0.39, 0.29) is 0 Å². The van der Waals surface area contributed by atoms with Crippen molar-refractivity contribution in [3.05, 3.63) is 48.0 Å². The van der Waals surface area contributed by atoms with Gasteiger partial charge in [-0.1, -0.05) is 6.07 Å². The fourth-order valence-corrected chi connectivity index (χ4v) is 2.05. The normalized spacial score (nSPS) is 9.88. The van der Waals surface area contributed by atoms with Crippen molar-refractivity contribution in [3.63, 3.8) is 0 Å². The Balaban J connectivity index is 1.95. The van der Waals surface area contributed by atoms with Crippen molar-refractivity contribution in [2.75, 3.05) is 33.3 Å². The number of nitrogens with one attached hydrogen (secondary N) is 1. The van der Waals surface area contributed by atoms with Gasteiger partial charge in [-0.25, -0.2) is 4.79 Å². The van der Waals surface area contributed by atoms with Crippen LogP contribution in [0.2, 0.25) is 0 Å². The predicted molar refractivity (Wildman–Crippen MR) is 91.5 cm³/mol. The number of hydrogen-bond donors (Lipinski definition) is 1. The topological polar surface area (TPSA) is 83.1 Å². The van der Waals surface area contributed by atoms with Gasteiger partial charge in [-0.3, -0.25) is 4.79 Å². The van der Waals surface area contributed by atoms with Crippen molar-refractivity contribution in [1.82, 2.24) is 0 Å². The van der Waals surface area contributed by atoms with E-state index in [2.05, 4.69) is 5.32 Å². The number of carbonyl (C=O) groups excluding carboxylic acids is 2. The summed E-state index contributed by atoms with van der Waals surface area (Å²) in [7, 11) is 4.51. The molecule has 1 N–H and O–H groups in total. The average Bonchev–Trinajstić information content (AvgIpc) is 2.66. The minimum Gasteiger partial charge on any atom is -0.497 e. The molecule has 0 aliphatic heterocycles. The Morgan fingerprint density at radius 2 is 1.64 bits per heavy atom. The van der Waals surface area contributed by atoms with Crippen LogP contribution in [0.15, 0.2) is 42.5 Å². The minimum absolute atomic E-state index is 0.300. The van der Waals surface area contributed by atoms with Gasteiger partial charge >= 0.3 is 5.97 Å². The molecule has 25 heavy (non-hydrogen) atoms. The van der Waals surface area contributed by atoms with Crippen LogP contribution in [0.3, 0.4) is 0 Å². The first-order valence-corrected chi connectivity index (χ1v) is 7.40. The summed E-state index contributed by atoms with van der Waals surface area (Å²) in [5, 5.41) is 2.62. The van der Waals surface area contributed by atoms with E-state index < -0.39 is 18.5 Å². The number of benzene rings is 2. The molecule has 0 saturated carbocycles. The lowest BCUT2D eigenvalue weighted by atomic mass is 10.2. The molecule has 0 heterocycles. The van der Waals surface area contributed by atoms with Gasteiger partial charge in [0.25, 0.3) is 5.91 Å². The smallest absolute Gasteiger partial charge is 0.338 e. The molecule has 0 unspecified atom stereocenters. The predicted octanol–water partition coefficient (Wildman–Crippen LogP) is 2.51. The Hall–Kier alpha value is -3.22. The summed E-state index contributed by atoms with van der Waals surface area (Å²) in [5.74, 6) is 0.462. The van der Waals surface area contributed by atoms with E-state index in [1.165, 1.54) is 27.4 Å². The Morgan fingerprint density at radius 3 is 2.32 bits per heavy atom. The lowest BCUT2D eigenvalue weighted by molar-refractivity contribution is -0.119. The van der Waals surface area contributed by atoms with Crippen molar-refractivity contribution >= 4 is 17.6 Å². The Kier molecular flexibility index (Phi) is 6.22. The third-order valence-electron chi connectivity index (χ3n) is 3.32. The van der Waals surface area contributed by atoms with Gasteiger partial charge in [-0.15, -0.1) is 0 Å². The van der Waals surface area contributed by atoms with Gasteiger partial charge in [0, 0.05) is 6.07 Å². The van der Waals surface area contributed by atoms with Gasteiger partial charge in [-0.2, -0.15) is 0 Å². The zero-order chi connectivity index (χ0) is 18.2. The van der Waals surface area contributed by atoms with E-state index in [1.807, 2.05) is 0 Å². The fourth-order valence-electron chi connectivity index (χ4n) is 2.05. The van der Waals surface area contributed by atoms with Crippen molar-refractivity contribution in [2.45, 2.75) is 0 Å². The van der Waals surface area contributed by atoms with Crippen LogP contribution in [-0.4, -0.2) is 39.8 Å². The summed E-state index contributed by atoms with van der Waals surface area (Å²) in [6.07, 6.45) is 0. The zero-order valence-electron chi connectivity index (χ0n) is 14.2. The number of ether oxygens (including phenoxy) is 4. The van der Waals surface area contributed by atoms with Gasteiger partial charge < -0.3 is 24.3 Å². The lowest BCUT2D eigenvalue weighted by Gasteiger charge is -2.12. The molecule has 0 atom stereocenters. The monoisotopic (exact) mass is 345 g/mol. The van der Waals surface area contributed by atoms with Crippen LogP contribution in [0.5, 0.6) is 17.2 Å². The second-order valence-corrected chi connectivity index (χ2v) is 4.92. The molecule has 0 saturated heterocycles. The Morgan fingerprint density at radius 1 is 0.920 bits per heavy atom. The van der Waals surface area contributed by atoms with Crippen LogP contribution >= 0.6 is 0 Å². The highest BCUT2D eigenvalue weighted by Gasteiger charge is 2.13. The molecule has 7 heteroatoms. The van der Waals surface area contributed by atoms with Crippen LogP contribution in [-0.2, 0) is 9.53 Å². The largest absolute Gasteiger partial charge is 0.497 e. The molecular formula is C18H19NO6. The highest BCUT2D eigenvalue weighted by molar-refractivity contribution is 5.96. The van der Waals surface area contributed by atoms with Crippen molar-refractivity contribution < 1.29 is 28.5 Å². The number of carbonyl (C=O) groups is 2. The van der Waals surface area contributed by atoms with Gasteiger partial charge in [-0.05, 0) is 30.3 Å². The quantitative estimate of drug-likeness (QED) is 0.777. The SMILES string of the molecule is COc1cccc(C(=O)OCC(=O)Nc2ccc(OC)cc2OC)c1. The number of anilines is 1. The highest BCUT2D eigenvalue weighted by Crippen LogP contribution is 2.28. The summed E-state index contributed by atoms with van der Waals surface area (Å²) >= 11 is 0. The van der Waals surface area contributed by atoms with Crippen LogP contribution < -0.4 is 19.5 Å². The number of amides is 1. The van der Waals surface area contributed by atoms with Crippen molar-refractivity contribution in [1.29, 1.82) is 0 Å².